The van der Waals surface area contributed by atoms with Crippen LogP contribution in [-0.2, 0) is 9.53 Å². The van der Waals surface area contributed by atoms with Crippen molar-refractivity contribution >= 4 is 5.78 Å². The van der Waals surface area contributed by atoms with Crippen LogP contribution in [0.25, 0.3) is 0 Å². The standard InChI is InChI=1S/C28H46O2/c1-18(2)8-7-9-19(3)22-10-11-23-26-24(13-15-28(22,23)5)27(4)14-12-21(30-6)16-20(27)17-25(26)29/h17-19,21-24,26H,7-16H2,1-6H3/t19-,21+,22-,23-,24-,26-,27+,28+/m1/s1. The molecular weight excluding hydrogens is 368 g/mol. The number of carbonyl (C=O) groups is 1. The van der Waals surface area contributed by atoms with Crippen molar-refractivity contribution in [2.75, 3.05) is 7.11 Å². The van der Waals surface area contributed by atoms with Gasteiger partial charge in [-0.25, -0.2) is 0 Å². The molecule has 0 aromatic carbocycles. The van der Waals surface area contributed by atoms with Crippen molar-refractivity contribution in [3.05, 3.63) is 11.6 Å². The van der Waals surface area contributed by atoms with Gasteiger partial charge in [-0.2, -0.15) is 0 Å². The molecule has 0 unspecified atom stereocenters. The lowest BCUT2D eigenvalue weighted by atomic mass is 9.46. The first-order valence-corrected chi connectivity index (χ1v) is 13.0. The maximum absolute atomic E-state index is 13.5. The van der Waals surface area contributed by atoms with Gasteiger partial charge in [-0.1, -0.05) is 59.5 Å². The largest absolute Gasteiger partial charge is 0.381 e. The van der Waals surface area contributed by atoms with Gasteiger partial charge in [0.05, 0.1) is 6.10 Å². The van der Waals surface area contributed by atoms with E-state index in [2.05, 4.69) is 40.7 Å². The Kier molecular flexibility index (Phi) is 6.30. The van der Waals surface area contributed by atoms with Crippen LogP contribution < -0.4 is 0 Å². The van der Waals surface area contributed by atoms with Crippen LogP contribution >= 0.6 is 0 Å². The molecule has 0 radical (unpaired) electrons. The van der Waals surface area contributed by atoms with E-state index in [1.165, 1.54) is 56.9 Å². The summed E-state index contributed by atoms with van der Waals surface area (Å²) in [5, 5.41) is 0. The van der Waals surface area contributed by atoms with Crippen LogP contribution in [-0.4, -0.2) is 19.0 Å². The second kappa shape index (κ2) is 8.38. The fraction of sp³-hybridized carbons (Fsp3) is 0.893. The summed E-state index contributed by atoms with van der Waals surface area (Å²) in [5.41, 5.74) is 2.02. The summed E-state index contributed by atoms with van der Waals surface area (Å²) in [6.07, 6.45) is 15.0. The smallest absolute Gasteiger partial charge is 0.159 e. The first-order chi connectivity index (χ1) is 14.2. The highest BCUT2D eigenvalue weighted by atomic mass is 16.5. The molecule has 2 nitrogen and oxygen atoms in total. The number of hydrogen-bond donors (Lipinski definition) is 0. The lowest BCUT2D eigenvalue weighted by Crippen LogP contribution is -2.53. The molecule has 3 fully saturated rings. The number of rotatable bonds is 6. The maximum Gasteiger partial charge on any atom is 0.159 e. The summed E-state index contributed by atoms with van der Waals surface area (Å²) in [6.45, 7) is 12.3. The molecule has 0 aromatic rings. The van der Waals surface area contributed by atoms with Gasteiger partial charge >= 0.3 is 0 Å². The average Bonchev–Trinajstić information content (AvgIpc) is 3.05. The second-order valence-corrected chi connectivity index (χ2v) is 12.4. The Bertz CT molecular complexity index is 678. The highest BCUT2D eigenvalue weighted by Crippen LogP contribution is 2.66. The van der Waals surface area contributed by atoms with E-state index in [9.17, 15) is 4.79 Å². The van der Waals surface area contributed by atoms with Crippen molar-refractivity contribution in [2.45, 2.75) is 105 Å². The SMILES string of the molecule is CO[C@H]1CC[C@@]2(C)C(=CC(=O)[C@@H]3[C@H]4CC[C@H]([C@H](C)CCCC(C)C)[C@]4(C)CC[C@H]32)C1. The topological polar surface area (TPSA) is 26.3 Å². The molecule has 4 rings (SSSR count). The molecular formula is C28H46O2. The van der Waals surface area contributed by atoms with E-state index in [1.807, 2.05) is 7.11 Å². The van der Waals surface area contributed by atoms with Crippen molar-refractivity contribution < 1.29 is 9.53 Å². The number of ether oxygens (including phenoxy) is 1. The van der Waals surface area contributed by atoms with E-state index < -0.39 is 0 Å². The van der Waals surface area contributed by atoms with Crippen LogP contribution in [0.4, 0.5) is 0 Å². The average molecular weight is 415 g/mol. The summed E-state index contributed by atoms with van der Waals surface area (Å²) in [7, 11) is 1.83. The summed E-state index contributed by atoms with van der Waals surface area (Å²) >= 11 is 0. The lowest BCUT2D eigenvalue weighted by molar-refractivity contribution is -0.135. The Hall–Kier alpha value is -0.630. The molecule has 170 valence electrons. The summed E-state index contributed by atoms with van der Waals surface area (Å²) < 4.78 is 5.68. The summed E-state index contributed by atoms with van der Waals surface area (Å²) in [5.74, 6) is 4.35. The number of fused-ring (bicyclic) bond motifs is 5. The number of hydrogen-bond acceptors (Lipinski definition) is 2. The highest BCUT2D eigenvalue weighted by Gasteiger charge is 2.61. The van der Waals surface area contributed by atoms with E-state index in [-0.39, 0.29) is 11.3 Å². The minimum absolute atomic E-state index is 0.232. The number of ketones is 1. The Balaban J connectivity index is 1.54. The summed E-state index contributed by atoms with van der Waals surface area (Å²) in [4.78, 5) is 13.5. The van der Waals surface area contributed by atoms with Crippen LogP contribution in [0.15, 0.2) is 11.6 Å². The monoisotopic (exact) mass is 414 g/mol. The minimum atomic E-state index is 0.232. The molecule has 0 heterocycles. The van der Waals surface area contributed by atoms with Gasteiger partial charge in [-0.15, -0.1) is 0 Å². The normalized spacial score (nSPS) is 44.3. The Labute approximate surface area is 185 Å². The van der Waals surface area contributed by atoms with Crippen LogP contribution in [0.5, 0.6) is 0 Å². The van der Waals surface area contributed by atoms with Crippen LogP contribution in [0.1, 0.15) is 98.8 Å². The van der Waals surface area contributed by atoms with Crippen molar-refractivity contribution in [2.24, 2.45) is 46.3 Å². The first-order valence-electron chi connectivity index (χ1n) is 13.0. The zero-order chi connectivity index (χ0) is 21.7. The predicted molar refractivity (Wildman–Crippen MR) is 124 cm³/mol. The molecule has 0 aromatic heterocycles. The van der Waals surface area contributed by atoms with E-state index in [1.54, 1.807) is 0 Å². The molecule has 4 aliphatic carbocycles. The van der Waals surface area contributed by atoms with Crippen LogP contribution in [0, 0.1) is 46.3 Å². The van der Waals surface area contributed by atoms with Gasteiger partial charge in [-0.3, -0.25) is 4.79 Å². The lowest BCUT2D eigenvalue weighted by Gasteiger charge is -2.57. The minimum Gasteiger partial charge on any atom is -0.381 e. The van der Waals surface area contributed by atoms with Gasteiger partial charge in [0.15, 0.2) is 5.78 Å². The third-order valence-electron chi connectivity index (χ3n) is 10.4. The number of allylic oxidation sites excluding steroid dienone is 1. The van der Waals surface area contributed by atoms with Gasteiger partial charge < -0.3 is 4.74 Å². The zero-order valence-corrected chi connectivity index (χ0v) is 20.5. The molecule has 0 aliphatic heterocycles. The van der Waals surface area contributed by atoms with Crippen molar-refractivity contribution in [1.82, 2.24) is 0 Å². The highest BCUT2D eigenvalue weighted by molar-refractivity contribution is 5.94. The molecule has 3 saturated carbocycles. The van der Waals surface area contributed by atoms with E-state index in [0.717, 1.165) is 30.6 Å². The van der Waals surface area contributed by atoms with E-state index in [0.29, 0.717) is 29.1 Å². The molecule has 4 aliphatic rings. The molecule has 30 heavy (non-hydrogen) atoms. The van der Waals surface area contributed by atoms with Crippen LogP contribution in [0.2, 0.25) is 0 Å². The van der Waals surface area contributed by atoms with Crippen molar-refractivity contribution in [3.63, 3.8) is 0 Å². The van der Waals surface area contributed by atoms with E-state index >= 15 is 0 Å². The first kappa shape index (κ1) is 22.6. The third kappa shape index (κ3) is 3.63. The van der Waals surface area contributed by atoms with Gasteiger partial charge in [0.25, 0.3) is 0 Å². The van der Waals surface area contributed by atoms with Gasteiger partial charge in [-0.05, 0) is 91.4 Å². The third-order valence-corrected chi connectivity index (χ3v) is 10.4. The molecule has 0 N–H and O–H groups in total. The van der Waals surface area contributed by atoms with Crippen molar-refractivity contribution in [1.29, 1.82) is 0 Å². The summed E-state index contributed by atoms with van der Waals surface area (Å²) in [6, 6.07) is 0. The van der Waals surface area contributed by atoms with Gasteiger partial charge in [0.2, 0.25) is 0 Å². The quantitative estimate of drug-likeness (QED) is 0.458. The molecule has 0 spiro atoms. The Morgan fingerprint density at radius 2 is 1.80 bits per heavy atom. The Morgan fingerprint density at radius 3 is 2.50 bits per heavy atom. The predicted octanol–water partition coefficient (Wildman–Crippen LogP) is 7.22. The second-order valence-electron chi connectivity index (χ2n) is 12.4. The van der Waals surface area contributed by atoms with E-state index in [4.69, 9.17) is 4.74 Å². The maximum atomic E-state index is 13.5. The molecule has 2 heteroatoms. The molecule has 0 bridgehead atoms. The van der Waals surface area contributed by atoms with Crippen molar-refractivity contribution in [3.8, 4) is 0 Å². The Morgan fingerprint density at radius 1 is 1.03 bits per heavy atom. The number of methoxy groups -OCH3 is 1. The van der Waals surface area contributed by atoms with Gasteiger partial charge in [0.1, 0.15) is 0 Å². The molecule has 0 amide bonds. The molecule has 0 saturated heterocycles. The molecule has 8 atom stereocenters. The number of carbonyl (C=O) groups excluding carboxylic acids is 1. The van der Waals surface area contributed by atoms with Gasteiger partial charge in [0, 0.05) is 13.0 Å². The fourth-order valence-corrected chi connectivity index (χ4v) is 8.59. The zero-order valence-electron chi connectivity index (χ0n) is 20.5. The fourth-order valence-electron chi connectivity index (χ4n) is 8.59. The van der Waals surface area contributed by atoms with Crippen LogP contribution in [0.3, 0.4) is 0 Å².